The Morgan fingerprint density at radius 2 is 2.17 bits per heavy atom. The summed E-state index contributed by atoms with van der Waals surface area (Å²) in [5, 5.41) is 7.09. The van der Waals surface area contributed by atoms with E-state index >= 15 is 0 Å². The minimum Gasteiger partial charge on any atom is -0.298 e. The minimum atomic E-state index is -0.366. The van der Waals surface area contributed by atoms with E-state index in [1.165, 1.54) is 22.7 Å². The van der Waals surface area contributed by atoms with E-state index in [2.05, 4.69) is 22.4 Å². The molecule has 0 aromatic heterocycles. The van der Waals surface area contributed by atoms with Gasteiger partial charge in [-0.3, -0.25) is 25.2 Å². The lowest BCUT2D eigenvalue weighted by Gasteiger charge is -2.13. The molecule has 8 heteroatoms. The van der Waals surface area contributed by atoms with Crippen molar-refractivity contribution >= 4 is 52.2 Å². The Balaban J connectivity index is 1.85. The maximum Gasteiger partial charge on any atom is 0.250 e. The number of carbonyl (C=O) groups excluding carboxylic acids is 2. The Hall–Kier alpha value is -2.45. The van der Waals surface area contributed by atoms with Gasteiger partial charge in [-0.05, 0) is 23.9 Å². The zero-order valence-corrected chi connectivity index (χ0v) is 14.4. The average Bonchev–Trinajstić information content (AvgIpc) is 2.93. The summed E-state index contributed by atoms with van der Waals surface area (Å²) in [5.41, 5.74) is 3.48. The van der Waals surface area contributed by atoms with Crippen LogP contribution in [0.3, 0.4) is 0 Å². The molecule has 0 spiro atoms. The molecule has 0 atom stereocenters. The van der Waals surface area contributed by atoms with E-state index in [1.807, 2.05) is 30.3 Å². The summed E-state index contributed by atoms with van der Waals surface area (Å²) in [7, 11) is 0. The summed E-state index contributed by atoms with van der Waals surface area (Å²) in [6.07, 6.45) is 4.68. The summed E-state index contributed by atoms with van der Waals surface area (Å²) in [6.45, 7) is 3.98. The highest BCUT2D eigenvalue weighted by atomic mass is 32.2. The molecule has 2 N–H and O–H groups in total. The van der Waals surface area contributed by atoms with E-state index in [9.17, 15) is 9.59 Å². The zero-order chi connectivity index (χ0) is 17.4. The molecule has 0 bridgehead atoms. The molecule has 1 heterocycles. The molecule has 0 saturated carbocycles. The Kier molecular flexibility index (Phi) is 6.71. The number of hydrogen-bond donors (Lipinski definition) is 2. The highest BCUT2D eigenvalue weighted by molar-refractivity contribution is 8.15. The van der Waals surface area contributed by atoms with Crippen LogP contribution in [0.4, 0.5) is 0 Å². The molecule has 1 aromatic carbocycles. The van der Waals surface area contributed by atoms with Crippen molar-refractivity contribution in [2.75, 3.05) is 12.3 Å². The standard InChI is InChI=1S/C16H16N4O2S2/c1-2-10-20-14(22)11-24-16(20)19-18-15(23)17-13(21)9-8-12-6-4-3-5-7-12/h2-9H,1,10-11H2,(H2,17,18,21,23)/b9-8+,19-16-. The van der Waals surface area contributed by atoms with Crippen LogP contribution >= 0.6 is 24.0 Å². The van der Waals surface area contributed by atoms with Gasteiger partial charge in [0.25, 0.3) is 0 Å². The lowest BCUT2D eigenvalue weighted by molar-refractivity contribution is -0.123. The molecule has 1 saturated heterocycles. The zero-order valence-electron chi connectivity index (χ0n) is 12.8. The molecule has 0 radical (unpaired) electrons. The third-order valence-electron chi connectivity index (χ3n) is 2.88. The molecule has 2 amide bonds. The van der Waals surface area contributed by atoms with Crippen LogP contribution < -0.4 is 10.7 Å². The molecule has 1 fully saturated rings. The van der Waals surface area contributed by atoms with Gasteiger partial charge in [-0.15, -0.1) is 11.7 Å². The SMILES string of the molecule is C=CCN1C(=O)CS/C1=N\NC(=S)NC(=O)/C=C/c1ccccc1. The van der Waals surface area contributed by atoms with Crippen molar-refractivity contribution in [3.8, 4) is 0 Å². The van der Waals surface area contributed by atoms with E-state index in [-0.39, 0.29) is 16.9 Å². The van der Waals surface area contributed by atoms with Gasteiger partial charge in [-0.25, -0.2) is 0 Å². The first kappa shape index (κ1) is 17.9. The predicted octanol–water partition coefficient (Wildman–Crippen LogP) is 1.72. The van der Waals surface area contributed by atoms with Crippen molar-refractivity contribution in [2.24, 2.45) is 5.10 Å². The minimum absolute atomic E-state index is 0.0406. The van der Waals surface area contributed by atoms with Gasteiger partial charge in [-0.1, -0.05) is 48.2 Å². The largest absolute Gasteiger partial charge is 0.298 e. The summed E-state index contributed by atoms with van der Waals surface area (Å²) < 4.78 is 0. The third-order valence-corrected chi connectivity index (χ3v) is 4.04. The van der Waals surface area contributed by atoms with Crippen LogP contribution in [0.1, 0.15) is 5.56 Å². The van der Waals surface area contributed by atoms with Crippen LogP contribution in [0.2, 0.25) is 0 Å². The van der Waals surface area contributed by atoms with Crippen molar-refractivity contribution in [3.05, 3.63) is 54.6 Å². The number of carbonyl (C=O) groups is 2. The van der Waals surface area contributed by atoms with Crippen molar-refractivity contribution in [3.63, 3.8) is 0 Å². The summed E-state index contributed by atoms with van der Waals surface area (Å²) in [5.74, 6) is -0.0799. The highest BCUT2D eigenvalue weighted by Crippen LogP contribution is 2.18. The summed E-state index contributed by atoms with van der Waals surface area (Å²) >= 11 is 6.31. The van der Waals surface area contributed by atoms with E-state index in [4.69, 9.17) is 12.2 Å². The topological polar surface area (TPSA) is 73.8 Å². The molecule has 1 aliphatic heterocycles. The number of amidine groups is 1. The third kappa shape index (κ3) is 5.32. The summed E-state index contributed by atoms with van der Waals surface area (Å²) in [4.78, 5) is 24.9. The monoisotopic (exact) mass is 360 g/mol. The maximum absolute atomic E-state index is 11.8. The Bertz CT molecular complexity index is 701. The fourth-order valence-electron chi connectivity index (χ4n) is 1.81. The van der Waals surface area contributed by atoms with Gasteiger partial charge in [0, 0.05) is 12.6 Å². The number of nitrogens with zero attached hydrogens (tertiary/aromatic N) is 2. The van der Waals surface area contributed by atoms with Crippen LogP contribution in [0.5, 0.6) is 0 Å². The number of hydrazone groups is 1. The number of nitrogens with one attached hydrogen (secondary N) is 2. The molecule has 1 aromatic rings. The Morgan fingerprint density at radius 1 is 1.42 bits per heavy atom. The first-order chi connectivity index (χ1) is 11.6. The van der Waals surface area contributed by atoms with E-state index < -0.39 is 0 Å². The van der Waals surface area contributed by atoms with Gasteiger partial charge in [0.05, 0.1) is 5.75 Å². The van der Waals surface area contributed by atoms with Crippen LogP contribution in [0.25, 0.3) is 6.08 Å². The van der Waals surface area contributed by atoms with Crippen molar-refractivity contribution < 1.29 is 9.59 Å². The van der Waals surface area contributed by atoms with Crippen molar-refractivity contribution in [2.45, 2.75) is 0 Å². The van der Waals surface area contributed by atoms with Gasteiger partial charge in [-0.2, -0.15) is 0 Å². The number of hydrogen-bond acceptors (Lipinski definition) is 5. The number of benzene rings is 1. The molecule has 2 rings (SSSR count). The van der Waals surface area contributed by atoms with E-state index in [1.54, 1.807) is 12.2 Å². The second kappa shape index (κ2) is 8.99. The van der Waals surface area contributed by atoms with Crippen LogP contribution in [0.15, 0.2) is 54.2 Å². The molecule has 0 aliphatic carbocycles. The number of amides is 2. The molecular formula is C16H16N4O2S2. The molecule has 24 heavy (non-hydrogen) atoms. The lowest BCUT2D eigenvalue weighted by atomic mass is 10.2. The molecule has 6 nitrogen and oxygen atoms in total. The number of thiocarbonyl (C=S) groups is 1. The highest BCUT2D eigenvalue weighted by Gasteiger charge is 2.27. The van der Waals surface area contributed by atoms with E-state index in [0.29, 0.717) is 17.5 Å². The second-order valence-electron chi connectivity index (χ2n) is 4.65. The van der Waals surface area contributed by atoms with Crippen molar-refractivity contribution in [1.29, 1.82) is 0 Å². The van der Waals surface area contributed by atoms with Crippen molar-refractivity contribution in [1.82, 2.24) is 15.6 Å². The number of rotatable bonds is 5. The fraction of sp³-hybridized carbons (Fsp3) is 0.125. The van der Waals surface area contributed by atoms with Gasteiger partial charge >= 0.3 is 0 Å². The van der Waals surface area contributed by atoms with Crippen LogP contribution in [0, 0.1) is 0 Å². The van der Waals surface area contributed by atoms with Gasteiger partial charge in [0.2, 0.25) is 11.8 Å². The first-order valence-electron chi connectivity index (χ1n) is 7.06. The molecule has 0 unspecified atom stereocenters. The van der Waals surface area contributed by atoms with Gasteiger partial charge in [0.15, 0.2) is 10.3 Å². The Morgan fingerprint density at radius 3 is 2.88 bits per heavy atom. The quantitative estimate of drug-likeness (QED) is 0.362. The Labute approximate surface area is 149 Å². The molecule has 1 aliphatic rings. The molecular weight excluding hydrogens is 344 g/mol. The molecule has 124 valence electrons. The summed E-state index contributed by atoms with van der Waals surface area (Å²) in [6, 6.07) is 9.44. The van der Waals surface area contributed by atoms with Crippen LogP contribution in [-0.4, -0.2) is 39.3 Å². The van der Waals surface area contributed by atoms with Crippen LogP contribution in [-0.2, 0) is 9.59 Å². The normalized spacial score (nSPS) is 15.8. The van der Waals surface area contributed by atoms with E-state index in [0.717, 1.165) is 5.56 Å². The lowest BCUT2D eigenvalue weighted by Crippen LogP contribution is -2.37. The van der Waals surface area contributed by atoms with Gasteiger partial charge < -0.3 is 0 Å². The second-order valence-corrected chi connectivity index (χ2v) is 6.00. The first-order valence-corrected chi connectivity index (χ1v) is 8.45. The fourth-order valence-corrected chi connectivity index (χ4v) is 2.80. The smallest absolute Gasteiger partial charge is 0.250 e. The van der Waals surface area contributed by atoms with Gasteiger partial charge in [0.1, 0.15) is 0 Å². The maximum atomic E-state index is 11.8. The average molecular weight is 360 g/mol. The number of thioether (sulfide) groups is 1. The predicted molar refractivity (Wildman–Crippen MR) is 101 cm³/mol.